The topological polar surface area (TPSA) is 21.3 Å². The van der Waals surface area contributed by atoms with Crippen LogP contribution in [0, 0.1) is 10.8 Å². The van der Waals surface area contributed by atoms with Gasteiger partial charge in [0.25, 0.3) is 0 Å². The molecule has 0 unspecified atom stereocenters. The first-order valence-electron chi connectivity index (χ1n) is 5.85. The summed E-state index contributed by atoms with van der Waals surface area (Å²) in [5.41, 5.74) is 1.49. The van der Waals surface area contributed by atoms with E-state index in [4.69, 9.17) is 4.74 Å². The van der Waals surface area contributed by atoms with Crippen LogP contribution in [0.1, 0.15) is 48.0 Å². The smallest absolute Gasteiger partial charge is 0.121 e. The Hall–Kier alpha value is -0.660. The van der Waals surface area contributed by atoms with E-state index in [0.717, 1.165) is 25.3 Å². The van der Waals surface area contributed by atoms with Crippen LogP contribution in [0.15, 0.2) is 11.5 Å². The number of allylic oxidation sites excluding steroid dienone is 2. The molecule has 0 saturated carbocycles. The lowest BCUT2D eigenvalue weighted by Gasteiger charge is -2.31. The van der Waals surface area contributed by atoms with E-state index in [0.29, 0.717) is 0 Å². The summed E-state index contributed by atoms with van der Waals surface area (Å²) < 4.78 is 5.92. The van der Waals surface area contributed by atoms with Gasteiger partial charge in [0.15, 0.2) is 0 Å². The number of ether oxygens (including phenoxy) is 1. The molecule has 0 aliphatic carbocycles. The van der Waals surface area contributed by atoms with Gasteiger partial charge in [0.2, 0.25) is 0 Å². The second-order valence-corrected chi connectivity index (χ2v) is 6.33. The lowest BCUT2D eigenvalue weighted by atomic mass is 9.83. The van der Waals surface area contributed by atoms with Crippen molar-refractivity contribution >= 4 is 0 Å². The number of nitrogens with one attached hydrogen (secondary N) is 1. The maximum Gasteiger partial charge on any atom is 0.121 e. The van der Waals surface area contributed by atoms with Crippen molar-refractivity contribution in [2.45, 2.75) is 48.0 Å². The molecule has 0 aromatic rings. The molecule has 15 heavy (non-hydrogen) atoms. The minimum Gasteiger partial charge on any atom is -0.495 e. The van der Waals surface area contributed by atoms with E-state index in [9.17, 15) is 0 Å². The van der Waals surface area contributed by atoms with Gasteiger partial charge in [0, 0.05) is 17.4 Å². The van der Waals surface area contributed by atoms with Crippen molar-refractivity contribution in [1.29, 1.82) is 0 Å². The predicted molar refractivity (Wildman–Crippen MR) is 64.5 cm³/mol. The fourth-order valence-corrected chi connectivity index (χ4v) is 1.81. The molecule has 0 atom stereocenters. The van der Waals surface area contributed by atoms with Gasteiger partial charge in [0.05, 0.1) is 12.3 Å². The average molecular weight is 211 g/mol. The summed E-state index contributed by atoms with van der Waals surface area (Å²) in [4.78, 5) is 0. The van der Waals surface area contributed by atoms with Crippen LogP contribution >= 0.6 is 0 Å². The fourth-order valence-electron chi connectivity index (χ4n) is 1.81. The van der Waals surface area contributed by atoms with E-state index in [-0.39, 0.29) is 10.8 Å². The molecule has 1 aliphatic heterocycles. The molecule has 1 rings (SSSR count). The molecule has 0 amide bonds. The molecule has 1 aliphatic rings. The SMILES string of the molecule is CC(C)(C)C1=C(C(C)(C)C)OCCCN1. The van der Waals surface area contributed by atoms with E-state index in [1.165, 1.54) is 5.70 Å². The summed E-state index contributed by atoms with van der Waals surface area (Å²) in [7, 11) is 0. The molecule has 0 radical (unpaired) electrons. The van der Waals surface area contributed by atoms with Crippen molar-refractivity contribution in [2.75, 3.05) is 13.2 Å². The van der Waals surface area contributed by atoms with Crippen LogP contribution in [-0.2, 0) is 4.74 Å². The summed E-state index contributed by atoms with van der Waals surface area (Å²) in [5.74, 6) is 1.13. The largest absolute Gasteiger partial charge is 0.495 e. The highest BCUT2D eigenvalue weighted by Crippen LogP contribution is 2.36. The Kier molecular flexibility index (Phi) is 3.37. The third-order valence-corrected chi connectivity index (χ3v) is 2.53. The van der Waals surface area contributed by atoms with Crippen molar-refractivity contribution in [3.8, 4) is 0 Å². The highest BCUT2D eigenvalue weighted by molar-refractivity contribution is 5.19. The molecule has 2 heteroatoms. The summed E-state index contributed by atoms with van der Waals surface area (Å²) >= 11 is 0. The molecular formula is C13H25NO. The first kappa shape index (κ1) is 12.4. The van der Waals surface area contributed by atoms with Crippen molar-refractivity contribution in [3.05, 3.63) is 11.5 Å². The summed E-state index contributed by atoms with van der Waals surface area (Å²) in [5, 5.41) is 3.53. The Morgan fingerprint density at radius 2 is 1.60 bits per heavy atom. The Balaban J connectivity index is 3.13. The van der Waals surface area contributed by atoms with Crippen LogP contribution in [0.25, 0.3) is 0 Å². The first-order chi connectivity index (χ1) is 6.73. The van der Waals surface area contributed by atoms with E-state index in [2.05, 4.69) is 46.9 Å². The maximum absolute atomic E-state index is 5.92. The summed E-state index contributed by atoms with van der Waals surface area (Å²) in [6.07, 6.45) is 1.08. The molecule has 0 aromatic carbocycles. The summed E-state index contributed by atoms with van der Waals surface area (Å²) in [6, 6.07) is 0. The van der Waals surface area contributed by atoms with Crippen LogP contribution in [0.2, 0.25) is 0 Å². The molecule has 0 aromatic heterocycles. The minimum atomic E-state index is 0.0833. The zero-order valence-electron chi connectivity index (χ0n) is 11.0. The third kappa shape index (κ3) is 3.15. The lowest BCUT2D eigenvalue weighted by Crippen LogP contribution is -2.29. The van der Waals surface area contributed by atoms with Crippen molar-refractivity contribution in [3.63, 3.8) is 0 Å². The predicted octanol–water partition coefficient (Wildman–Crippen LogP) is 3.30. The minimum absolute atomic E-state index is 0.0833. The van der Waals surface area contributed by atoms with Gasteiger partial charge >= 0.3 is 0 Å². The highest BCUT2D eigenvalue weighted by Gasteiger charge is 2.30. The Morgan fingerprint density at radius 1 is 1.00 bits per heavy atom. The molecule has 0 spiro atoms. The monoisotopic (exact) mass is 211 g/mol. The molecule has 0 bridgehead atoms. The van der Waals surface area contributed by atoms with Gasteiger partial charge in [-0.1, -0.05) is 41.5 Å². The molecule has 0 fully saturated rings. The second-order valence-electron chi connectivity index (χ2n) is 6.33. The van der Waals surface area contributed by atoms with Gasteiger partial charge in [-0.2, -0.15) is 0 Å². The second kappa shape index (κ2) is 4.07. The number of hydrogen-bond acceptors (Lipinski definition) is 2. The number of hydrogen-bond donors (Lipinski definition) is 1. The molecule has 2 nitrogen and oxygen atoms in total. The van der Waals surface area contributed by atoms with Crippen LogP contribution in [0.3, 0.4) is 0 Å². The quantitative estimate of drug-likeness (QED) is 0.664. The average Bonchev–Trinajstić information content (AvgIpc) is 2.24. The van der Waals surface area contributed by atoms with E-state index in [1.54, 1.807) is 0 Å². The normalized spacial score (nSPS) is 19.3. The number of rotatable bonds is 0. The van der Waals surface area contributed by atoms with Gasteiger partial charge in [-0.25, -0.2) is 0 Å². The van der Waals surface area contributed by atoms with Crippen LogP contribution < -0.4 is 5.32 Å². The van der Waals surface area contributed by atoms with Crippen LogP contribution in [-0.4, -0.2) is 13.2 Å². The van der Waals surface area contributed by atoms with Gasteiger partial charge < -0.3 is 10.1 Å². The zero-order chi connectivity index (χ0) is 11.7. The molecular weight excluding hydrogens is 186 g/mol. The maximum atomic E-state index is 5.92. The van der Waals surface area contributed by atoms with Gasteiger partial charge in [0.1, 0.15) is 5.76 Å². The van der Waals surface area contributed by atoms with Gasteiger partial charge in [-0.05, 0) is 6.42 Å². The first-order valence-corrected chi connectivity index (χ1v) is 5.85. The van der Waals surface area contributed by atoms with Crippen LogP contribution in [0.5, 0.6) is 0 Å². The lowest BCUT2D eigenvalue weighted by molar-refractivity contribution is 0.147. The summed E-state index contributed by atoms with van der Waals surface area (Å²) in [6.45, 7) is 15.2. The Morgan fingerprint density at radius 3 is 2.07 bits per heavy atom. The standard InChI is InChI=1S/C13H25NO/c1-12(2,3)10-11(13(4,5)6)15-9-7-8-14-10/h14H,7-9H2,1-6H3. The van der Waals surface area contributed by atoms with E-state index < -0.39 is 0 Å². The highest BCUT2D eigenvalue weighted by atomic mass is 16.5. The Labute approximate surface area is 94.1 Å². The third-order valence-electron chi connectivity index (χ3n) is 2.53. The van der Waals surface area contributed by atoms with E-state index >= 15 is 0 Å². The molecule has 1 N–H and O–H groups in total. The van der Waals surface area contributed by atoms with Crippen molar-refractivity contribution in [1.82, 2.24) is 5.32 Å². The van der Waals surface area contributed by atoms with Crippen molar-refractivity contribution < 1.29 is 4.74 Å². The van der Waals surface area contributed by atoms with Gasteiger partial charge in [-0.15, -0.1) is 0 Å². The molecule has 88 valence electrons. The molecule has 0 saturated heterocycles. The molecule has 1 heterocycles. The van der Waals surface area contributed by atoms with Gasteiger partial charge in [-0.3, -0.25) is 0 Å². The van der Waals surface area contributed by atoms with Crippen LogP contribution in [0.4, 0.5) is 0 Å². The fraction of sp³-hybridized carbons (Fsp3) is 0.846. The van der Waals surface area contributed by atoms with E-state index in [1.807, 2.05) is 0 Å². The van der Waals surface area contributed by atoms with Crippen molar-refractivity contribution in [2.24, 2.45) is 10.8 Å². The zero-order valence-corrected chi connectivity index (χ0v) is 11.0. The Bertz CT molecular complexity index is 227.